The Morgan fingerprint density at radius 1 is 0.933 bits per heavy atom. The van der Waals surface area contributed by atoms with Gasteiger partial charge in [-0.2, -0.15) is 28.3 Å². The van der Waals surface area contributed by atoms with Crippen LogP contribution in [0.4, 0.5) is 0 Å². The number of fused-ring (bicyclic) bond motifs is 3. The van der Waals surface area contributed by atoms with Gasteiger partial charge in [0.15, 0.2) is 0 Å². The summed E-state index contributed by atoms with van der Waals surface area (Å²) < 4.78 is 0. The van der Waals surface area contributed by atoms with Crippen LogP contribution in [0.1, 0.15) is 35.6 Å². The van der Waals surface area contributed by atoms with Crippen molar-refractivity contribution in [3.05, 3.63) is 82.9 Å². The molecule has 0 heterocycles. The van der Waals surface area contributed by atoms with Gasteiger partial charge in [-0.15, -0.1) is 39.7 Å². The van der Waals surface area contributed by atoms with Crippen LogP contribution in [-0.4, -0.2) is 4.80 Å². The molecule has 4 aromatic carbocycles. The van der Waals surface area contributed by atoms with Crippen LogP contribution < -0.4 is 24.8 Å². The molecule has 0 nitrogen and oxygen atoms in total. The van der Waals surface area contributed by atoms with Crippen molar-refractivity contribution >= 4 is 37.4 Å². The van der Waals surface area contributed by atoms with Gasteiger partial charge in [0, 0.05) is 0 Å². The number of benzene rings is 2. The van der Waals surface area contributed by atoms with Gasteiger partial charge in [-0.1, -0.05) is 64.1 Å². The predicted molar refractivity (Wildman–Crippen MR) is 125 cm³/mol. The molecule has 0 amide bonds. The summed E-state index contributed by atoms with van der Waals surface area (Å²) in [6, 6.07) is 22.8. The number of halogens is 3. The van der Waals surface area contributed by atoms with Gasteiger partial charge in [0.05, 0.1) is 0 Å². The van der Waals surface area contributed by atoms with Crippen molar-refractivity contribution in [3.8, 4) is 0 Å². The molecule has 30 heavy (non-hydrogen) atoms. The fraction of sp³-hybridized carbons (Fsp3) is 0.280. The summed E-state index contributed by atoms with van der Waals surface area (Å²) in [5.74, 6) is 0. The maximum Gasteiger partial charge on any atom is -0.0630 e. The quantitative estimate of drug-likeness (QED) is 0.179. The second-order valence-electron chi connectivity index (χ2n) is 7.23. The minimum atomic E-state index is -0.274. The van der Waals surface area contributed by atoms with E-state index >= 15 is 0 Å². The number of hydrogen-bond donors (Lipinski definition) is 0. The Labute approximate surface area is 213 Å². The Hall–Kier alpha value is -0.383. The van der Waals surface area contributed by atoms with Crippen LogP contribution in [0.5, 0.6) is 0 Å². The largest absolute Gasteiger partial charge is 1.00 e. The van der Waals surface area contributed by atoms with Crippen molar-refractivity contribution in [2.45, 2.75) is 47.1 Å². The minimum Gasteiger partial charge on any atom is -1.00 e. The van der Waals surface area contributed by atoms with E-state index in [-0.39, 0.29) is 29.6 Å². The smallest absolute Gasteiger partial charge is 0.0630 e. The Morgan fingerprint density at radius 2 is 1.40 bits per heavy atom. The fourth-order valence-corrected chi connectivity index (χ4v) is 6.96. The van der Waals surface area contributed by atoms with E-state index in [1.165, 1.54) is 79.3 Å². The molecule has 0 saturated heterocycles. The molecule has 0 aromatic heterocycles. The van der Waals surface area contributed by atoms with Gasteiger partial charge in [0.2, 0.25) is 0 Å². The van der Waals surface area contributed by atoms with Gasteiger partial charge in [-0.05, 0) is 0 Å². The Kier molecular flexibility index (Phi) is 14.4. The molecule has 0 aliphatic heterocycles. The van der Waals surface area contributed by atoms with Crippen molar-refractivity contribution in [1.29, 1.82) is 0 Å². The van der Waals surface area contributed by atoms with Gasteiger partial charge in [0.25, 0.3) is 0 Å². The molecule has 0 saturated carbocycles. The first-order chi connectivity index (χ1) is 13.3. The van der Waals surface area contributed by atoms with E-state index in [1.807, 2.05) is 0 Å². The first kappa shape index (κ1) is 29.6. The Balaban J connectivity index is 0.000000441. The average molecular weight is 642 g/mol. The summed E-state index contributed by atoms with van der Waals surface area (Å²) in [4.78, 5) is -0.274. The van der Waals surface area contributed by atoms with Crippen molar-refractivity contribution in [2.75, 3.05) is 0 Å². The number of hydrogen-bond acceptors (Lipinski definition) is 0. The van der Waals surface area contributed by atoms with Gasteiger partial charge < -0.3 is 24.8 Å². The predicted octanol–water partition coefficient (Wildman–Crippen LogP) is 2.03. The third-order valence-electron chi connectivity index (χ3n) is 5.17. The molecule has 0 bridgehead atoms. The van der Waals surface area contributed by atoms with Crippen LogP contribution in [0.2, 0.25) is 6.04 Å². The van der Waals surface area contributed by atoms with Crippen molar-refractivity contribution < 1.29 is 47.8 Å². The summed E-state index contributed by atoms with van der Waals surface area (Å²) in [7, 11) is 0. The minimum absolute atomic E-state index is 0. The molecule has 0 aliphatic rings. The summed E-state index contributed by atoms with van der Waals surface area (Å²) in [5, 5.41) is 5.39. The van der Waals surface area contributed by atoms with Crippen molar-refractivity contribution in [2.24, 2.45) is 0 Å². The zero-order valence-electron chi connectivity index (χ0n) is 18.3. The van der Waals surface area contributed by atoms with E-state index in [2.05, 4.69) is 95.3 Å². The molecule has 4 rings (SSSR count). The third kappa shape index (κ3) is 8.28. The Morgan fingerprint density at radius 3 is 1.67 bits per heavy atom. The molecule has 4 aromatic rings. The van der Waals surface area contributed by atoms with E-state index < -0.39 is 0 Å². The molecule has 0 fully saturated rings. The first-order valence-electron chi connectivity index (χ1n) is 9.81. The summed E-state index contributed by atoms with van der Waals surface area (Å²) in [6.45, 7) is 10.9. The van der Waals surface area contributed by atoms with Crippen molar-refractivity contribution in [3.63, 3.8) is 0 Å². The molecule has 0 spiro atoms. The van der Waals surface area contributed by atoms with E-state index in [0.717, 1.165) is 0 Å². The van der Waals surface area contributed by atoms with Crippen LogP contribution in [0, 0.1) is 27.7 Å². The number of rotatable bonds is 2. The SMILES string of the molecule is CCC[Si](Cl)=[Hf+2].Cc1c[c-](C)c(C)c1C.[Cl-].[Cl-].c1ccc2c(c1)[cH-]c1ccccc12. The van der Waals surface area contributed by atoms with Crippen LogP contribution in [0.15, 0.2) is 60.7 Å². The van der Waals surface area contributed by atoms with E-state index in [0.29, 0.717) is 0 Å². The maximum atomic E-state index is 5.74. The second kappa shape index (κ2) is 14.6. The van der Waals surface area contributed by atoms with Gasteiger partial charge in [-0.3, -0.25) is 0 Å². The summed E-state index contributed by atoms with van der Waals surface area (Å²) in [5.41, 5.74) is 5.75. The molecular weight excluding hydrogens is 613 g/mol. The van der Waals surface area contributed by atoms with Crippen LogP contribution >= 0.6 is 11.1 Å². The average Bonchev–Trinajstić information content (AvgIpc) is 3.15. The first-order valence-corrected chi connectivity index (χ1v) is 17.9. The third-order valence-corrected chi connectivity index (χ3v) is 9.37. The second-order valence-corrected chi connectivity index (χ2v) is 19.8. The van der Waals surface area contributed by atoms with Crippen molar-refractivity contribution in [1.82, 2.24) is 0 Å². The molecule has 0 atom stereocenters. The van der Waals surface area contributed by atoms with E-state index in [9.17, 15) is 0 Å². The van der Waals surface area contributed by atoms with Crippen LogP contribution in [-0.2, 0) is 23.0 Å². The van der Waals surface area contributed by atoms with Gasteiger partial charge >= 0.3 is 58.3 Å². The van der Waals surface area contributed by atoms with Crippen LogP contribution in [0.3, 0.4) is 0 Å². The molecule has 5 heteroatoms. The standard InChI is InChI=1S/C13H9.C9H13.C3H7ClSi.2ClH.Hf/c1-3-7-12-10(5-1)9-11-6-2-4-8-13(11)12;1-6-5-7(2)9(4)8(6)3;1-2-3-5-4;;;/h1-9H;5H,1-4H3;2-3H2,1H3;2*1H;/q2*-1;;;;+2/p-2. The van der Waals surface area contributed by atoms with E-state index in [4.69, 9.17) is 11.1 Å². The molecule has 0 N–H and O–H groups in total. The molecule has 0 aliphatic carbocycles. The summed E-state index contributed by atoms with van der Waals surface area (Å²) >= 11 is 6.99. The Bertz CT molecular complexity index is 990. The fourth-order valence-electron chi connectivity index (χ4n) is 3.26. The maximum absolute atomic E-state index is 5.74. The zero-order valence-corrected chi connectivity index (χ0v) is 25.2. The molecule has 160 valence electrons. The monoisotopic (exact) mass is 642 g/mol. The molecule has 0 radical (unpaired) electrons. The normalized spacial score (nSPS) is 9.60. The van der Waals surface area contributed by atoms with Gasteiger partial charge in [-0.25, -0.2) is 0 Å². The van der Waals surface area contributed by atoms with E-state index in [1.54, 1.807) is 0 Å². The topological polar surface area (TPSA) is 0 Å². The van der Waals surface area contributed by atoms with Crippen LogP contribution in [0.25, 0.3) is 21.5 Å². The van der Waals surface area contributed by atoms with Gasteiger partial charge in [0.1, 0.15) is 0 Å². The molecular formula is C25H29Cl3HfSi-2. The summed E-state index contributed by atoms with van der Waals surface area (Å²) in [6.07, 6.45) is 1.28. The number of aryl methyl sites for hydroxylation is 2. The molecule has 0 unspecified atom stereocenters. The zero-order chi connectivity index (χ0) is 20.7.